The minimum atomic E-state index is -0.226. The minimum absolute atomic E-state index is 0.226. The molecule has 0 aliphatic heterocycles. The van der Waals surface area contributed by atoms with Gasteiger partial charge in [-0.25, -0.2) is 9.37 Å². The van der Waals surface area contributed by atoms with E-state index < -0.39 is 0 Å². The van der Waals surface area contributed by atoms with Crippen LogP contribution in [0.25, 0.3) is 16.9 Å². The number of pyridine rings is 1. The van der Waals surface area contributed by atoms with Crippen molar-refractivity contribution in [2.75, 3.05) is 12.5 Å². The Morgan fingerprint density at radius 3 is 2.65 bits per heavy atom. The zero-order valence-electron chi connectivity index (χ0n) is 11.1. The van der Waals surface area contributed by atoms with Crippen molar-refractivity contribution >= 4 is 29.2 Å². The molecule has 0 bridgehead atoms. The molecule has 0 N–H and O–H groups in total. The number of benzene rings is 1. The molecular formula is C15H13FN2S2. The molecule has 0 atom stereocenters. The Kier molecular flexibility index (Phi) is 3.72. The maximum Gasteiger partial charge on any atom is 0.138 e. The van der Waals surface area contributed by atoms with Crippen molar-refractivity contribution in [3.05, 3.63) is 48.4 Å². The van der Waals surface area contributed by atoms with Crippen molar-refractivity contribution in [2.24, 2.45) is 0 Å². The number of aromatic nitrogens is 2. The summed E-state index contributed by atoms with van der Waals surface area (Å²) in [6.45, 7) is 0. The summed E-state index contributed by atoms with van der Waals surface area (Å²) in [5.41, 5.74) is 2.09. The largest absolute Gasteiger partial charge is 0.294 e. The molecule has 0 saturated heterocycles. The van der Waals surface area contributed by atoms with Crippen molar-refractivity contribution in [1.29, 1.82) is 0 Å². The van der Waals surface area contributed by atoms with E-state index in [1.54, 1.807) is 17.8 Å². The first-order valence-corrected chi connectivity index (χ1v) is 8.54. The van der Waals surface area contributed by atoms with Crippen LogP contribution in [0.2, 0.25) is 0 Å². The number of thioether (sulfide) groups is 2. The molecule has 0 aliphatic carbocycles. The van der Waals surface area contributed by atoms with Crippen molar-refractivity contribution in [2.45, 2.75) is 9.92 Å². The summed E-state index contributed by atoms with van der Waals surface area (Å²) in [5, 5.41) is 0.955. The van der Waals surface area contributed by atoms with Crippen LogP contribution in [0.3, 0.4) is 0 Å². The van der Waals surface area contributed by atoms with Gasteiger partial charge in [-0.3, -0.25) is 4.40 Å². The molecule has 3 rings (SSSR count). The van der Waals surface area contributed by atoms with Gasteiger partial charge in [0.25, 0.3) is 0 Å². The van der Waals surface area contributed by atoms with Crippen LogP contribution in [0.15, 0.2) is 52.5 Å². The minimum Gasteiger partial charge on any atom is -0.294 e. The van der Waals surface area contributed by atoms with Crippen LogP contribution < -0.4 is 0 Å². The van der Waals surface area contributed by atoms with Gasteiger partial charge >= 0.3 is 0 Å². The van der Waals surface area contributed by atoms with E-state index in [0.717, 1.165) is 15.6 Å². The Balaban J connectivity index is 2.23. The quantitative estimate of drug-likeness (QED) is 0.659. The number of hydrogen-bond acceptors (Lipinski definition) is 3. The van der Waals surface area contributed by atoms with Gasteiger partial charge in [-0.1, -0.05) is 6.07 Å². The Morgan fingerprint density at radius 2 is 1.95 bits per heavy atom. The highest BCUT2D eigenvalue weighted by Crippen LogP contribution is 2.33. The fourth-order valence-corrected chi connectivity index (χ4v) is 3.28. The maximum atomic E-state index is 14.3. The lowest BCUT2D eigenvalue weighted by Crippen LogP contribution is -1.88. The fraction of sp³-hybridized carbons (Fsp3) is 0.133. The third kappa shape index (κ3) is 2.21. The Hall–Kier alpha value is -1.46. The average molecular weight is 304 g/mol. The van der Waals surface area contributed by atoms with Gasteiger partial charge in [0.2, 0.25) is 0 Å². The van der Waals surface area contributed by atoms with E-state index in [4.69, 9.17) is 0 Å². The van der Waals surface area contributed by atoms with Gasteiger partial charge in [0.1, 0.15) is 22.2 Å². The first kappa shape index (κ1) is 13.5. The summed E-state index contributed by atoms with van der Waals surface area (Å²) >= 11 is 3.10. The molecule has 102 valence electrons. The topological polar surface area (TPSA) is 17.3 Å². The lowest BCUT2D eigenvalue weighted by molar-refractivity contribution is 0.627. The summed E-state index contributed by atoms with van der Waals surface area (Å²) in [5.74, 6) is -0.226. The molecule has 20 heavy (non-hydrogen) atoms. The van der Waals surface area contributed by atoms with Gasteiger partial charge in [0, 0.05) is 16.7 Å². The van der Waals surface area contributed by atoms with E-state index in [-0.39, 0.29) is 5.82 Å². The summed E-state index contributed by atoms with van der Waals surface area (Å²) in [4.78, 5) is 5.48. The SMILES string of the molecule is CSc1ccc(-c2nc3ccccn3c2SC)c(F)c1. The smallest absolute Gasteiger partial charge is 0.138 e. The summed E-state index contributed by atoms with van der Waals surface area (Å²) in [7, 11) is 0. The van der Waals surface area contributed by atoms with Gasteiger partial charge in [0.15, 0.2) is 0 Å². The van der Waals surface area contributed by atoms with Crippen molar-refractivity contribution in [1.82, 2.24) is 9.38 Å². The fourth-order valence-electron chi connectivity index (χ4n) is 2.16. The molecule has 3 aromatic rings. The highest BCUT2D eigenvalue weighted by atomic mass is 32.2. The lowest BCUT2D eigenvalue weighted by atomic mass is 10.1. The Morgan fingerprint density at radius 1 is 1.10 bits per heavy atom. The van der Waals surface area contributed by atoms with Crippen molar-refractivity contribution in [3.8, 4) is 11.3 Å². The first-order chi connectivity index (χ1) is 9.74. The van der Waals surface area contributed by atoms with Gasteiger partial charge in [-0.05, 0) is 42.8 Å². The van der Waals surface area contributed by atoms with Crippen LogP contribution in [0.5, 0.6) is 0 Å². The van der Waals surface area contributed by atoms with E-state index in [0.29, 0.717) is 11.3 Å². The third-order valence-electron chi connectivity index (χ3n) is 3.11. The predicted octanol–water partition coefficient (Wildman–Crippen LogP) is 4.58. The normalized spacial score (nSPS) is 11.2. The Labute approximate surface area is 125 Å². The van der Waals surface area contributed by atoms with Gasteiger partial charge < -0.3 is 0 Å². The molecule has 2 aromatic heterocycles. The van der Waals surface area contributed by atoms with E-state index in [2.05, 4.69) is 4.98 Å². The molecule has 5 heteroatoms. The van der Waals surface area contributed by atoms with E-state index in [1.807, 2.05) is 53.4 Å². The zero-order valence-corrected chi connectivity index (χ0v) is 12.8. The van der Waals surface area contributed by atoms with Crippen LogP contribution in [0.1, 0.15) is 0 Å². The molecular weight excluding hydrogens is 291 g/mol. The molecule has 2 heterocycles. The highest BCUT2D eigenvalue weighted by molar-refractivity contribution is 7.98. The summed E-state index contributed by atoms with van der Waals surface area (Å²) in [6.07, 6.45) is 5.87. The van der Waals surface area contributed by atoms with E-state index in [9.17, 15) is 4.39 Å². The number of nitrogens with zero attached hydrogens (tertiary/aromatic N) is 2. The molecule has 0 amide bonds. The number of halogens is 1. The molecule has 0 spiro atoms. The number of rotatable bonds is 3. The number of hydrogen-bond donors (Lipinski definition) is 0. The zero-order chi connectivity index (χ0) is 14.1. The second kappa shape index (κ2) is 5.50. The second-order valence-corrected chi connectivity index (χ2v) is 5.92. The van der Waals surface area contributed by atoms with Gasteiger partial charge in [-0.2, -0.15) is 0 Å². The van der Waals surface area contributed by atoms with Crippen LogP contribution in [-0.4, -0.2) is 21.9 Å². The molecule has 0 aliphatic rings. The van der Waals surface area contributed by atoms with Crippen LogP contribution in [-0.2, 0) is 0 Å². The van der Waals surface area contributed by atoms with Crippen LogP contribution >= 0.6 is 23.5 Å². The van der Waals surface area contributed by atoms with Crippen LogP contribution in [0.4, 0.5) is 4.39 Å². The average Bonchev–Trinajstić information content (AvgIpc) is 2.85. The number of fused-ring (bicyclic) bond motifs is 1. The lowest BCUT2D eigenvalue weighted by Gasteiger charge is -2.04. The molecule has 0 radical (unpaired) electrons. The number of imidazole rings is 1. The summed E-state index contributed by atoms with van der Waals surface area (Å²) < 4.78 is 16.3. The first-order valence-electron chi connectivity index (χ1n) is 6.09. The van der Waals surface area contributed by atoms with Crippen molar-refractivity contribution in [3.63, 3.8) is 0 Å². The molecule has 0 fully saturated rings. The second-order valence-electron chi connectivity index (χ2n) is 4.24. The van der Waals surface area contributed by atoms with Crippen molar-refractivity contribution < 1.29 is 4.39 Å². The molecule has 0 unspecified atom stereocenters. The predicted molar refractivity (Wildman–Crippen MR) is 84.1 cm³/mol. The maximum absolute atomic E-state index is 14.3. The van der Waals surface area contributed by atoms with Crippen LogP contribution in [0, 0.1) is 5.82 Å². The van der Waals surface area contributed by atoms with E-state index in [1.165, 1.54) is 11.8 Å². The van der Waals surface area contributed by atoms with E-state index >= 15 is 0 Å². The highest BCUT2D eigenvalue weighted by Gasteiger charge is 2.16. The van der Waals surface area contributed by atoms with Gasteiger partial charge in [-0.15, -0.1) is 23.5 Å². The monoisotopic (exact) mass is 304 g/mol. The molecule has 1 aromatic carbocycles. The molecule has 2 nitrogen and oxygen atoms in total. The summed E-state index contributed by atoms with van der Waals surface area (Å²) in [6, 6.07) is 11.1. The van der Waals surface area contributed by atoms with Gasteiger partial charge in [0.05, 0.1) is 0 Å². The molecule has 0 saturated carbocycles. The Bertz CT molecular complexity index is 768. The standard InChI is InChI=1S/C15H13FN2S2/c1-19-10-6-7-11(12(16)9-10)14-15(20-2)18-8-4-3-5-13(18)17-14/h3-9H,1-2H3. The third-order valence-corrected chi connectivity index (χ3v) is 4.61.